The Labute approximate surface area is 122 Å². The highest BCUT2D eigenvalue weighted by atomic mass is 16.2. The Kier molecular flexibility index (Phi) is 5.05. The fourth-order valence-electron chi connectivity index (χ4n) is 2.26. The molecule has 1 heterocycles. The molecule has 0 aromatic carbocycles. The molecule has 116 valence electrons. The van der Waals surface area contributed by atoms with Crippen molar-refractivity contribution in [1.29, 1.82) is 0 Å². The molecule has 1 saturated heterocycles. The van der Waals surface area contributed by atoms with Gasteiger partial charge >= 0.3 is 6.03 Å². The van der Waals surface area contributed by atoms with Gasteiger partial charge in [-0.25, -0.2) is 4.79 Å². The summed E-state index contributed by atoms with van der Waals surface area (Å²) in [5, 5.41) is 5.88. The van der Waals surface area contributed by atoms with Crippen molar-refractivity contribution in [2.45, 2.75) is 66.0 Å². The molecule has 0 unspecified atom stereocenters. The monoisotopic (exact) mass is 283 g/mol. The van der Waals surface area contributed by atoms with E-state index in [0.717, 1.165) is 25.9 Å². The third kappa shape index (κ3) is 5.39. The summed E-state index contributed by atoms with van der Waals surface area (Å²) in [6, 6.07) is 0.0273. The molecule has 2 N–H and O–H groups in total. The Morgan fingerprint density at radius 3 is 1.90 bits per heavy atom. The second-order valence-electron chi connectivity index (χ2n) is 7.66. The molecule has 0 aliphatic carbocycles. The lowest BCUT2D eigenvalue weighted by atomic mass is 9.93. The van der Waals surface area contributed by atoms with E-state index in [1.165, 1.54) is 0 Å². The van der Waals surface area contributed by atoms with Crippen LogP contribution in [0.2, 0.25) is 0 Å². The smallest absolute Gasteiger partial charge is 0.315 e. The zero-order chi connectivity index (χ0) is 15.6. The van der Waals surface area contributed by atoms with Crippen molar-refractivity contribution in [3.63, 3.8) is 0 Å². The van der Waals surface area contributed by atoms with Crippen LogP contribution >= 0.6 is 0 Å². The lowest BCUT2D eigenvalue weighted by Crippen LogP contribution is -2.53. The number of likely N-dealkylation sites (tertiary alicyclic amines) is 1. The zero-order valence-corrected chi connectivity index (χ0v) is 13.7. The van der Waals surface area contributed by atoms with Crippen molar-refractivity contribution < 1.29 is 9.59 Å². The van der Waals surface area contributed by atoms with E-state index < -0.39 is 0 Å². The maximum Gasteiger partial charge on any atom is 0.315 e. The highest BCUT2D eigenvalue weighted by Crippen LogP contribution is 2.20. The summed E-state index contributed by atoms with van der Waals surface area (Å²) in [6.45, 7) is 13.1. The number of urea groups is 1. The van der Waals surface area contributed by atoms with Crippen molar-refractivity contribution in [2.24, 2.45) is 5.41 Å². The Morgan fingerprint density at radius 2 is 1.50 bits per heavy atom. The topological polar surface area (TPSA) is 61.4 Å². The maximum absolute atomic E-state index is 12.2. The van der Waals surface area contributed by atoms with E-state index in [9.17, 15) is 9.59 Å². The Hall–Kier alpha value is -1.26. The molecule has 5 nitrogen and oxygen atoms in total. The Morgan fingerprint density at radius 1 is 1.00 bits per heavy atom. The summed E-state index contributed by atoms with van der Waals surface area (Å²) in [6.07, 6.45) is 1.64. The van der Waals surface area contributed by atoms with Gasteiger partial charge in [0.2, 0.25) is 5.91 Å². The number of hydrogen-bond donors (Lipinski definition) is 2. The molecule has 5 heteroatoms. The normalized spacial score (nSPS) is 17.8. The molecule has 1 rings (SSSR count). The summed E-state index contributed by atoms with van der Waals surface area (Å²) in [5.74, 6) is 0.190. The quantitative estimate of drug-likeness (QED) is 0.774. The molecular weight excluding hydrogens is 254 g/mol. The first-order valence-corrected chi connectivity index (χ1v) is 7.37. The molecule has 0 spiro atoms. The molecule has 1 aliphatic heterocycles. The number of hydrogen-bond acceptors (Lipinski definition) is 2. The molecule has 0 radical (unpaired) electrons. The van der Waals surface area contributed by atoms with Gasteiger partial charge in [-0.1, -0.05) is 20.8 Å². The molecule has 0 saturated carbocycles. The minimum absolute atomic E-state index is 0.127. The minimum atomic E-state index is -0.329. The minimum Gasteiger partial charge on any atom is -0.342 e. The van der Waals surface area contributed by atoms with Gasteiger partial charge in [0.25, 0.3) is 0 Å². The van der Waals surface area contributed by atoms with E-state index in [-0.39, 0.29) is 28.9 Å². The number of nitrogens with zero attached hydrogens (tertiary/aromatic N) is 1. The van der Waals surface area contributed by atoms with Gasteiger partial charge in [0, 0.05) is 30.1 Å². The summed E-state index contributed by atoms with van der Waals surface area (Å²) in [5.41, 5.74) is -0.559. The van der Waals surface area contributed by atoms with Gasteiger partial charge in [0.05, 0.1) is 0 Å². The molecular formula is C15H29N3O2. The van der Waals surface area contributed by atoms with Crippen molar-refractivity contribution in [2.75, 3.05) is 13.1 Å². The van der Waals surface area contributed by atoms with Gasteiger partial charge in [-0.3, -0.25) is 4.79 Å². The standard InChI is InChI=1S/C15H29N3O2/c1-14(2,3)12(19)18-9-7-11(8-10-18)16-13(20)17-15(4,5)6/h11H,7-10H2,1-6H3,(H2,16,17,20). The van der Waals surface area contributed by atoms with Crippen LogP contribution in [0.5, 0.6) is 0 Å². The lowest BCUT2D eigenvalue weighted by Gasteiger charge is -2.36. The molecule has 1 fully saturated rings. The van der Waals surface area contributed by atoms with E-state index in [0.29, 0.717) is 0 Å². The van der Waals surface area contributed by atoms with Gasteiger partial charge < -0.3 is 15.5 Å². The van der Waals surface area contributed by atoms with Crippen LogP contribution in [0.25, 0.3) is 0 Å². The summed E-state index contributed by atoms with van der Waals surface area (Å²) >= 11 is 0. The van der Waals surface area contributed by atoms with E-state index in [1.54, 1.807) is 0 Å². The van der Waals surface area contributed by atoms with Crippen LogP contribution < -0.4 is 10.6 Å². The molecule has 3 amide bonds. The SMILES string of the molecule is CC(C)(C)NC(=O)NC1CCN(C(=O)C(C)(C)C)CC1. The van der Waals surface area contributed by atoms with E-state index in [1.807, 2.05) is 46.4 Å². The summed E-state index contributed by atoms with van der Waals surface area (Å²) < 4.78 is 0. The van der Waals surface area contributed by atoms with Crippen molar-refractivity contribution in [3.8, 4) is 0 Å². The van der Waals surface area contributed by atoms with E-state index in [2.05, 4.69) is 10.6 Å². The van der Waals surface area contributed by atoms with E-state index >= 15 is 0 Å². The predicted molar refractivity (Wildman–Crippen MR) is 80.5 cm³/mol. The van der Waals surface area contributed by atoms with Crippen LogP contribution in [0, 0.1) is 5.41 Å². The van der Waals surface area contributed by atoms with Crippen molar-refractivity contribution >= 4 is 11.9 Å². The number of amides is 3. The number of nitrogens with one attached hydrogen (secondary N) is 2. The zero-order valence-electron chi connectivity index (χ0n) is 13.7. The second kappa shape index (κ2) is 6.02. The average Bonchev–Trinajstić information content (AvgIpc) is 2.25. The van der Waals surface area contributed by atoms with Gasteiger partial charge in [-0.15, -0.1) is 0 Å². The highest BCUT2D eigenvalue weighted by Gasteiger charge is 2.30. The van der Waals surface area contributed by atoms with Gasteiger partial charge in [-0.2, -0.15) is 0 Å². The predicted octanol–water partition coefficient (Wildman–Crippen LogP) is 2.12. The average molecular weight is 283 g/mol. The lowest BCUT2D eigenvalue weighted by molar-refractivity contribution is -0.140. The molecule has 0 aromatic rings. The van der Waals surface area contributed by atoms with Gasteiger partial charge in [0.1, 0.15) is 0 Å². The van der Waals surface area contributed by atoms with Gasteiger partial charge in [-0.05, 0) is 33.6 Å². The number of carbonyl (C=O) groups is 2. The summed E-state index contributed by atoms with van der Waals surface area (Å²) in [7, 11) is 0. The van der Waals surface area contributed by atoms with Crippen LogP contribution in [-0.4, -0.2) is 41.5 Å². The number of rotatable bonds is 1. The maximum atomic E-state index is 12.2. The third-order valence-electron chi connectivity index (χ3n) is 3.25. The largest absolute Gasteiger partial charge is 0.342 e. The molecule has 0 aromatic heterocycles. The van der Waals surface area contributed by atoms with Crippen LogP contribution in [0.1, 0.15) is 54.4 Å². The first-order chi connectivity index (χ1) is 8.99. The molecule has 0 atom stereocenters. The van der Waals surface area contributed by atoms with Crippen LogP contribution in [0.3, 0.4) is 0 Å². The Balaban J connectivity index is 2.40. The number of carbonyl (C=O) groups excluding carboxylic acids is 2. The van der Waals surface area contributed by atoms with Crippen molar-refractivity contribution in [1.82, 2.24) is 15.5 Å². The van der Waals surface area contributed by atoms with E-state index in [4.69, 9.17) is 0 Å². The van der Waals surface area contributed by atoms with Crippen LogP contribution in [-0.2, 0) is 4.79 Å². The van der Waals surface area contributed by atoms with Gasteiger partial charge in [0.15, 0.2) is 0 Å². The first kappa shape index (κ1) is 16.8. The molecule has 0 bridgehead atoms. The van der Waals surface area contributed by atoms with Crippen molar-refractivity contribution in [3.05, 3.63) is 0 Å². The Bertz CT molecular complexity index is 358. The number of piperidine rings is 1. The van der Waals surface area contributed by atoms with Crippen LogP contribution in [0.4, 0.5) is 4.79 Å². The molecule has 20 heavy (non-hydrogen) atoms. The molecule has 1 aliphatic rings. The summed E-state index contributed by atoms with van der Waals surface area (Å²) in [4.78, 5) is 25.9. The fourth-order valence-corrected chi connectivity index (χ4v) is 2.26. The van der Waals surface area contributed by atoms with Crippen LogP contribution in [0.15, 0.2) is 0 Å². The fraction of sp³-hybridized carbons (Fsp3) is 0.867. The highest BCUT2D eigenvalue weighted by molar-refractivity contribution is 5.81. The first-order valence-electron chi connectivity index (χ1n) is 7.37. The second-order valence-corrected chi connectivity index (χ2v) is 7.66. The third-order valence-corrected chi connectivity index (χ3v) is 3.25.